The summed E-state index contributed by atoms with van der Waals surface area (Å²) in [5.74, 6) is 0.644. The highest BCUT2D eigenvalue weighted by molar-refractivity contribution is 5.73. The number of rotatable bonds is 6. The summed E-state index contributed by atoms with van der Waals surface area (Å²) in [7, 11) is 0. The van der Waals surface area contributed by atoms with Crippen LogP contribution in [0.2, 0.25) is 0 Å². The van der Waals surface area contributed by atoms with Crippen LogP contribution < -0.4 is 9.64 Å². The Bertz CT molecular complexity index is 1050. The highest BCUT2D eigenvalue weighted by atomic mass is 16.5. The van der Waals surface area contributed by atoms with Crippen LogP contribution in [0.1, 0.15) is 36.5 Å². The Labute approximate surface area is 215 Å². The fourth-order valence-electron chi connectivity index (χ4n) is 5.27. The van der Waals surface area contributed by atoms with Gasteiger partial charge in [0.05, 0.1) is 12.1 Å². The van der Waals surface area contributed by atoms with Crippen LogP contribution in [0.5, 0.6) is 5.75 Å². The summed E-state index contributed by atoms with van der Waals surface area (Å²) in [6.45, 7) is 11.5. The zero-order valence-electron chi connectivity index (χ0n) is 22.2. The minimum absolute atomic E-state index is 0.0634. The first-order chi connectivity index (χ1) is 17.0. The first-order valence-electron chi connectivity index (χ1n) is 13.0. The van der Waals surface area contributed by atoms with Crippen LogP contribution in [-0.2, 0) is 4.79 Å². The average Bonchev–Trinajstić information content (AvgIpc) is 3.00. The van der Waals surface area contributed by atoms with Gasteiger partial charge in [-0.05, 0) is 69.0 Å². The molecule has 196 valence electrons. The Morgan fingerprint density at radius 2 is 1.58 bits per heavy atom. The van der Waals surface area contributed by atoms with Gasteiger partial charge in [-0.2, -0.15) is 0 Å². The van der Waals surface area contributed by atoms with E-state index in [1.807, 2.05) is 25.1 Å². The van der Waals surface area contributed by atoms with Gasteiger partial charge in [-0.3, -0.25) is 9.69 Å². The molecule has 36 heavy (non-hydrogen) atoms. The Morgan fingerprint density at radius 1 is 0.889 bits per heavy atom. The number of benzene rings is 2. The first kappa shape index (κ1) is 26.5. The van der Waals surface area contributed by atoms with E-state index in [2.05, 4.69) is 47.9 Å². The zero-order valence-corrected chi connectivity index (χ0v) is 22.2. The molecule has 2 aliphatic rings. The molecule has 1 atom stereocenters. The van der Waals surface area contributed by atoms with Crippen molar-refractivity contribution in [3.8, 4) is 5.75 Å². The number of piperidine rings is 1. The summed E-state index contributed by atoms with van der Waals surface area (Å²) in [6, 6.07) is 14.4. The van der Waals surface area contributed by atoms with E-state index in [-0.39, 0.29) is 19.1 Å². The SMILES string of the molecule is CC(=O)N1CCN(CC2(O)CCN(c3ccc(C)cc3)CC2)C[C@](O)(COc2ccc(C)c(C)c2)C1. The lowest BCUT2D eigenvalue weighted by atomic mass is 9.90. The first-order valence-corrected chi connectivity index (χ1v) is 13.0. The number of hydrogen-bond acceptors (Lipinski definition) is 6. The largest absolute Gasteiger partial charge is 0.490 e. The molecule has 0 spiro atoms. The van der Waals surface area contributed by atoms with Gasteiger partial charge in [0.1, 0.15) is 18.0 Å². The molecule has 0 aliphatic carbocycles. The molecule has 1 amide bonds. The topological polar surface area (TPSA) is 76.5 Å². The van der Waals surface area contributed by atoms with Gasteiger partial charge in [0, 0.05) is 51.9 Å². The van der Waals surface area contributed by atoms with Crippen LogP contribution in [0, 0.1) is 20.8 Å². The van der Waals surface area contributed by atoms with E-state index in [1.165, 1.54) is 23.7 Å². The minimum Gasteiger partial charge on any atom is -0.490 e. The molecule has 2 fully saturated rings. The van der Waals surface area contributed by atoms with Gasteiger partial charge in [-0.1, -0.05) is 23.8 Å². The van der Waals surface area contributed by atoms with Crippen LogP contribution in [-0.4, -0.2) is 89.5 Å². The number of hydrogen-bond donors (Lipinski definition) is 2. The summed E-state index contributed by atoms with van der Waals surface area (Å²) in [6.07, 6.45) is 1.32. The van der Waals surface area contributed by atoms with E-state index < -0.39 is 11.2 Å². The van der Waals surface area contributed by atoms with E-state index in [0.717, 1.165) is 18.7 Å². The molecule has 2 saturated heterocycles. The number of nitrogens with zero attached hydrogens (tertiary/aromatic N) is 3. The van der Waals surface area contributed by atoms with Crippen molar-refractivity contribution in [3.05, 3.63) is 59.2 Å². The van der Waals surface area contributed by atoms with Gasteiger partial charge in [0.15, 0.2) is 0 Å². The van der Waals surface area contributed by atoms with Crippen LogP contribution in [0.4, 0.5) is 5.69 Å². The molecule has 7 nitrogen and oxygen atoms in total. The highest BCUT2D eigenvalue weighted by Crippen LogP contribution is 2.29. The standard InChI is InChI=1S/C29H41N3O4/c1-22-5-8-26(9-6-22)31-13-11-28(34,12-14-31)18-30-15-16-32(25(4)33)20-29(35,19-30)21-36-27-10-7-23(2)24(3)17-27/h5-10,17,34-35H,11-16,18-21H2,1-4H3/t29-/m1/s1. The van der Waals surface area contributed by atoms with Crippen molar-refractivity contribution in [2.75, 3.05) is 57.3 Å². The summed E-state index contributed by atoms with van der Waals surface area (Å²) in [4.78, 5) is 18.4. The third kappa shape index (κ3) is 6.58. The Balaban J connectivity index is 1.41. The molecule has 2 aliphatic heterocycles. The fourth-order valence-corrected chi connectivity index (χ4v) is 5.27. The van der Waals surface area contributed by atoms with Crippen LogP contribution in [0.25, 0.3) is 0 Å². The average molecular weight is 496 g/mol. The maximum Gasteiger partial charge on any atom is 0.219 e. The molecule has 2 aromatic rings. The molecule has 0 aromatic heterocycles. The molecule has 0 radical (unpaired) electrons. The second kappa shape index (κ2) is 10.8. The number of anilines is 1. The zero-order chi connectivity index (χ0) is 25.9. The molecular formula is C29H41N3O4. The Hall–Kier alpha value is -2.61. The van der Waals surface area contributed by atoms with Crippen molar-refractivity contribution < 1.29 is 19.7 Å². The number of amides is 1. The predicted octanol–water partition coefficient (Wildman–Crippen LogP) is 2.92. The van der Waals surface area contributed by atoms with E-state index in [0.29, 0.717) is 44.8 Å². The van der Waals surface area contributed by atoms with Gasteiger partial charge in [-0.25, -0.2) is 0 Å². The second-order valence-corrected chi connectivity index (χ2v) is 11.0. The van der Waals surface area contributed by atoms with Crippen molar-refractivity contribution >= 4 is 11.6 Å². The van der Waals surface area contributed by atoms with E-state index in [9.17, 15) is 15.0 Å². The number of aryl methyl sites for hydroxylation is 3. The van der Waals surface area contributed by atoms with Crippen molar-refractivity contribution in [1.29, 1.82) is 0 Å². The van der Waals surface area contributed by atoms with Crippen molar-refractivity contribution in [2.45, 2.75) is 51.7 Å². The van der Waals surface area contributed by atoms with Crippen LogP contribution >= 0.6 is 0 Å². The summed E-state index contributed by atoms with van der Waals surface area (Å²) < 4.78 is 6.02. The van der Waals surface area contributed by atoms with E-state index in [1.54, 1.807) is 4.90 Å². The third-order valence-corrected chi connectivity index (χ3v) is 7.73. The normalized spacial score (nSPS) is 22.8. The second-order valence-electron chi connectivity index (χ2n) is 11.0. The third-order valence-electron chi connectivity index (χ3n) is 7.73. The van der Waals surface area contributed by atoms with Gasteiger partial charge in [-0.15, -0.1) is 0 Å². The molecule has 0 saturated carbocycles. The number of β-amino-alcohol motifs (C(OH)–C–C–N with tert-alkyl or cyclic N) is 2. The quantitative estimate of drug-likeness (QED) is 0.642. The maximum absolute atomic E-state index is 12.2. The number of carbonyl (C=O) groups excluding carboxylic acids is 1. The molecule has 0 bridgehead atoms. The minimum atomic E-state index is -1.24. The number of carbonyl (C=O) groups is 1. The lowest BCUT2D eigenvalue weighted by molar-refractivity contribution is -0.132. The van der Waals surface area contributed by atoms with Crippen LogP contribution in [0.3, 0.4) is 0 Å². The lowest BCUT2D eigenvalue weighted by Crippen LogP contribution is -2.55. The van der Waals surface area contributed by atoms with Crippen molar-refractivity contribution in [3.63, 3.8) is 0 Å². The Morgan fingerprint density at radius 3 is 2.22 bits per heavy atom. The predicted molar refractivity (Wildman–Crippen MR) is 143 cm³/mol. The molecule has 7 heteroatoms. The van der Waals surface area contributed by atoms with Crippen LogP contribution in [0.15, 0.2) is 42.5 Å². The summed E-state index contributed by atoms with van der Waals surface area (Å²) >= 11 is 0. The summed E-state index contributed by atoms with van der Waals surface area (Å²) in [5, 5.41) is 23.1. The van der Waals surface area contributed by atoms with Crippen molar-refractivity contribution in [2.24, 2.45) is 0 Å². The van der Waals surface area contributed by atoms with E-state index in [4.69, 9.17) is 4.74 Å². The van der Waals surface area contributed by atoms with Crippen molar-refractivity contribution in [1.82, 2.24) is 9.80 Å². The highest BCUT2D eigenvalue weighted by Gasteiger charge is 2.40. The van der Waals surface area contributed by atoms with E-state index >= 15 is 0 Å². The van der Waals surface area contributed by atoms with Gasteiger partial charge in [0.25, 0.3) is 0 Å². The molecular weight excluding hydrogens is 454 g/mol. The smallest absolute Gasteiger partial charge is 0.219 e. The maximum atomic E-state index is 12.2. The monoisotopic (exact) mass is 495 g/mol. The molecule has 2 N–H and O–H groups in total. The molecule has 2 heterocycles. The number of ether oxygens (including phenoxy) is 1. The fraction of sp³-hybridized carbons (Fsp3) is 0.552. The molecule has 0 unspecified atom stereocenters. The van der Waals surface area contributed by atoms with Gasteiger partial charge in [0.2, 0.25) is 5.91 Å². The number of aliphatic hydroxyl groups is 2. The molecule has 4 rings (SSSR count). The van der Waals surface area contributed by atoms with Gasteiger partial charge >= 0.3 is 0 Å². The lowest BCUT2D eigenvalue weighted by Gasteiger charge is -2.42. The Kier molecular flexibility index (Phi) is 7.93. The summed E-state index contributed by atoms with van der Waals surface area (Å²) in [5.41, 5.74) is 2.68. The molecule has 2 aromatic carbocycles. The van der Waals surface area contributed by atoms with Gasteiger partial charge < -0.3 is 24.7 Å².